The summed E-state index contributed by atoms with van der Waals surface area (Å²) in [5, 5.41) is 3.28. The lowest BCUT2D eigenvalue weighted by Crippen LogP contribution is -2.37. The van der Waals surface area contributed by atoms with Gasteiger partial charge >= 0.3 is 0 Å². The number of hydrogen-bond donors (Lipinski definition) is 1. The summed E-state index contributed by atoms with van der Waals surface area (Å²) in [6, 6.07) is 3.26. The van der Waals surface area contributed by atoms with Crippen molar-refractivity contribution < 1.29 is 13.5 Å². The van der Waals surface area contributed by atoms with E-state index < -0.39 is 11.6 Å². The lowest BCUT2D eigenvalue weighted by atomic mass is 10.1. The van der Waals surface area contributed by atoms with Crippen LogP contribution in [0.2, 0.25) is 0 Å². The highest BCUT2D eigenvalue weighted by Crippen LogP contribution is 2.21. The van der Waals surface area contributed by atoms with Gasteiger partial charge in [0.25, 0.3) is 0 Å². The molecular formula is C15H23F2NO. The molecule has 0 spiro atoms. The normalized spacial score (nSPS) is 13.1. The smallest absolute Gasteiger partial charge is 0.165 e. The maximum absolute atomic E-state index is 13.5. The van der Waals surface area contributed by atoms with Gasteiger partial charge < -0.3 is 10.1 Å². The van der Waals surface area contributed by atoms with E-state index in [0.29, 0.717) is 12.5 Å². The quantitative estimate of drug-likeness (QED) is 0.818. The van der Waals surface area contributed by atoms with E-state index in [1.807, 2.05) is 13.8 Å². The van der Waals surface area contributed by atoms with Crippen molar-refractivity contribution in [2.24, 2.45) is 11.8 Å². The van der Waals surface area contributed by atoms with Crippen molar-refractivity contribution >= 4 is 0 Å². The minimum absolute atomic E-state index is 0.0231. The first-order valence-electron chi connectivity index (χ1n) is 6.72. The van der Waals surface area contributed by atoms with Gasteiger partial charge in [-0.05, 0) is 30.5 Å². The zero-order valence-electron chi connectivity index (χ0n) is 12.0. The van der Waals surface area contributed by atoms with Gasteiger partial charge in [-0.2, -0.15) is 0 Å². The molecule has 0 aromatic heterocycles. The van der Waals surface area contributed by atoms with Crippen LogP contribution in [0.5, 0.6) is 5.75 Å². The van der Waals surface area contributed by atoms with Crippen LogP contribution in [0, 0.1) is 23.5 Å². The van der Waals surface area contributed by atoms with E-state index in [4.69, 9.17) is 4.74 Å². The van der Waals surface area contributed by atoms with Crippen LogP contribution in [0.1, 0.15) is 27.7 Å². The Morgan fingerprint density at radius 1 is 1.11 bits per heavy atom. The summed E-state index contributed by atoms with van der Waals surface area (Å²) in [5.74, 6) is -0.295. The molecular weight excluding hydrogens is 248 g/mol. The summed E-state index contributed by atoms with van der Waals surface area (Å²) >= 11 is 0. The van der Waals surface area contributed by atoms with Crippen molar-refractivity contribution in [1.29, 1.82) is 0 Å². The van der Waals surface area contributed by atoms with Crippen molar-refractivity contribution in [3.63, 3.8) is 0 Å². The highest BCUT2D eigenvalue weighted by Gasteiger charge is 2.17. The summed E-state index contributed by atoms with van der Waals surface area (Å²) in [4.78, 5) is 0. The molecule has 0 saturated heterocycles. The third kappa shape index (κ3) is 5.55. The van der Waals surface area contributed by atoms with E-state index in [1.54, 1.807) is 0 Å². The van der Waals surface area contributed by atoms with E-state index in [0.717, 1.165) is 24.7 Å². The Morgan fingerprint density at radius 2 is 1.79 bits per heavy atom. The summed E-state index contributed by atoms with van der Waals surface area (Å²) < 4.78 is 32.2. The SMILES string of the molecule is CC(C)CNCC(Oc1cc(F)ccc1F)C(C)C. The van der Waals surface area contributed by atoms with Crippen molar-refractivity contribution in [3.05, 3.63) is 29.8 Å². The Kier molecular flexibility index (Phi) is 6.22. The molecule has 0 amide bonds. The second kappa shape index (κ2) is 7.43. The van der Waals surface area contributed by atoms with Gasteiger partial charge in [-0.15, -0.1) is 0 Å². The second-order valence-corrected chi connectivity index (χ2v) is 5.53. The molecule has 1 aromatic rings. The van der Waals surface area contributed by atoms with E-state index in [9.17, 15) is 8.78 Å². The minimum Gasteiger partial charge on any atom is -0.486 e. The highest BCUT2D eigenvalue weighted by molar-refractivity contribution is 5.25. The van der Waals surface area contributed by atoms with Crippen LogP contribution < -0.4 is 10.1 Å². The number of hydrogen-bond acceptors (Lipinski definition) is 2. The monoisotopic (exact) mass is 271 g/mol. The zero-order valence-corrected chi connectivity index (χ0v) is 12.0. The van der Waals surface area contributed by atoms with Crippen molar-refractivity contribution in [2.45, 2.75) is 33.8 Å². The number of nitrogens with one attached hydrogen (secondary N) is 1. The first-order valence-corrected chi connectivity index (χ1v) is 6.72. The van der Waals surface area contributed by atoms with Gasteiger partial charge in [0, 0.05) is 12.6 Å². The zero-order chi connectivity index (χ0) is 14.4. The molecule has 1 unspecified atom stereocenters. The molecule has 108 valence electrons. The fraction of sp³-hybridized carbons (Fsp3) is 0.600. The van der Waals surface area contributed by atoms with Gasteiger partial charge in [0.2, 0.25) is 0 Å². The molecule has 1 N–H and O–H groups in total. The Labute approximate surface area is 114 Å². The molecule has 0 heterocycles. The summed E-state index contributed by atoms with van der Waals surface area (Å²) in [6.07, 6.45) is -0.185. The van der Waals surface area contributed by atoms with Gasteiger partial charge in [0.1, 0.15) is 11.9 Å². The lowest BCUT2D eigenvalue weighted by molar-refractivity contribution is 0.141. The summed E-state index contributed by atoms with van der Waals surface area (Å²) in [5.41, 5.74) is 0. The van der Waals surface area contributed by atoms with E-state index in [2.05, 4.69) is 19.2 Å². The minimum atomic E-state index is -0.532. The molecule has 2 nitrogen and oxygen atoms in total. The number of benzene rings is 1. The molecule has 0 saturated carbocycles. The number of halogens is 2. The molecule has 4 heteroatoms. The predicted octanol–water partition coefficient (Wildman–Crippen LogP) is 3.61. The summed E-state index contributed by atoms with van der Waals surface area (Å²) in [6.45, 7) is 9.72. The molecule has 0 aliphatic rings. The van der Waals surface area contributed by atoms with Crippen LogP contribution >= 0.6 is 0 Å². The van der Waals surface area contributed by atoms with Crippen LogP contribution in [-0.4, -0.2) is 19.2 Å². The third-order valence-corrected chi connectivity index (χ3v) is 2.81. The van der Waals surface area contributed by atoms with Crippen LogP contribution in [0.3, 0.4) is 0 Å². The Balaban J connectivity index is 2.64. The molecule has 1 atom stereocenters. The average molecular weight is 271 g/mol. The number of rotatable bonds is 7. The standard InChI is InChI=1S/C15H23F2NO/c1-10(2)8-18-9-15(11(3)4)19-14-7-12(16)5-6-13(14)17/h5-7,10-11,15,18H,8-9H2,1-4H3. The van der Waals surface area contributed by atoms with Gasteiger partial charge in [-0.3, -0.25) is 0 Å². The van der Waals surface area contributed by atoms with Gasteiger partial charge in [-0.1, -0.05) is 27.7 Å². The molecule has 0 aliphatic heterocycles. The van der Waals surface area contributed by atoms with Crippen LogP contribution in [0.15, 0.2) is 18.2 Å². The van der Waals surface area contributed by atoms with Gasteiger partial charge in [-0.25, -0.2) is 8.78 Å². The predicted molar refractivity (Wildman–Crippen MR) is 73.3 cm³/mol. The maximum Gasteiger partial charge on any atom is 0.165 e. The van der Waals surface area contributed by atoms with Crippen molar-refractivity contribution in [2.75, 3.05) is 13.1 Å². The van der Waals surface area contributed by atoms with Gasteiger partial charge in [0.15, 0.2) is 11.6 Å². The van der Waals surface area contributed by atoms with Crippen molar-refractivity contribution in [1.82, 2.24) is 5.32 Å². The molecule has 0 aliphatic carbocycles. The average Bonchev–Trinajstić information content (AvgIpc) is 2.31. The molecule has 19 heavy (non-hydrogen) atoms. The van der Waals surface area contributed by atoms with Gasteiger partial charge in [0.05, 0.1) is 0 Å². The van der Waals surface area contributed by atoms with Crippen LogP contribution in [0.25, 0.3) is 0 Å². The first-order chi connectivity index (χ1) is 8.90. The largest absolute Gasteiger partial charge is 0.486 e. The van der Waals surface area contributed by atoms with Crippen molar-refractivity contribution in [3.8, 4) is 5.75 Å². The van der Waals surface area contributed by atoms with Crippen LogP contribution in [0.4, 0.5) is 8.78 Å². The lowest BCUT2D eigenvalue weighted by Gasteiger charge is -2.23. The maximum atomic E-state index is 13.5. The molecule has 0 fully saturated rings. The number of ether oxygens (including phenoxy) is 1. The van der Waals surface area contributed by atoms with Crippen LogP contribution in [-0.2, 0) is 0 Å². The summed E-state index contributed by atoms with van der Waals surface area (Å²) in [7, 11) is 0. The Bertz CT molecular complexity index is 394. The third-order valence-electron chi connectivity index (χ3n) is 2.81. The fourth-order valence-corrected chi connectivity index (χ4v) is 1.66. The molecule has 1 rings (SSSR count). The Hall–Kier alpha value is -1.16. The topological polar surface area (TPSA) is 21.3 Å². The van der Waals surface area contributed by atoms with E-state index in [1.165, 1.54) is 0 Å². The molecule has 1 aromatic carbocycles. The highest BCUT2D eigenvalue weighted by atomic mass is 19.1. The van der Waals surface area contributed by atoms with E-state index in [-0.39, 0.29) is 17.8 Å². The molecule has 0 bridgehead atoms. The second-order valence-electron chi connectivity index (χ2n) is 5.53. The van der Waals surface area contributed by atoms with E-state index >= 15 is 0 Å². The molecule has 0 radical (unpaired) electrons. The Morgan fingerprint density at radius 3 is 2.37 bits per heavy atom. The first kappa shape index (κ1) is 15.9. The fourth-order valence-electron chi connectivity index (χ4n) is 1.66.